The molecule has 0 unspecified atom stereocenters. The average Bonchev–Trinajstić information content (AvgIpc) is 2.03. The predicted octanol–water partition coefficient (Wildman–Crippen LogP) is -0.825. The van der Waals surface area contributed by atoms with Gasteiger partial charge >= 0.3 is 13.3 Å². The van der Waals surface area contributed by atoms with Crippen LogP contribution in [0.25, 0.3) is 0 Å². The van der Waals surface area contributed by atoms with Crippen molar-refractivity contribution < 1.29 is 23.2 Å². The van der Waals surface area contributed by atoms with Gasteiger partial charge in [0.1, 0.15) is 0 Å². The number of halogens is 3. The third kappa shape index (κ3) is 2.39. The maximum absolute atomic E-state index is 11.9. The molecule has 0 saturated heterocycles. The SMILES string of the molecule is OB(O)c1ccnc(C(F)(F)F)n1. The first kappa shape index (κ1) is 9.94. The van der Waals surface area contributed by atoms with Gasteiger partial charge in [-0.2, -0.15) is 13.2 Å². The van der Waals surface area contributed by atoms with Gasteiger partial charge in [-0.15, -0.1) is 0 Å². The highest BCUT2D eigenvalue weighted by atomic mass is 19.4. The van der Waals surface area contributed by atoms with Gasteiger partial charge in [0.05, 0.1) is 5.59 Å². The number of rotatable bonds is 1. The molecule has 2 N–H and O–H groups in total. The molecule has 0 atom stereocenters. The molecule has 0 aliphatic rings. The summed E-state index contributed by atoms with van der Waals surface area (Å²) < 4.78 is 35.8. The van der Waals surface area contributed by atoms with E-state index in [-0.39, 0.29) is 0 Å². The first-order valence-corrected chi connectivity index (χ1v) is 3.17. The van der Waals surface area contributed by atoms with E-state index in [2.05, 4.69) is 9.97 Å². The summed E-state index contributed by atoms with van der Waals surface area (Å²) in [5.74, 6) is -1.39. The van der Waals surface area contributed by atoms with E-state index >= 15 is 0 Å². The zero-order valence-electron chi connectivity index (χ0n) is 6.15. The van der Waals surface area contributed by atoms with Crippen LogP contribution in [0, 0.1) is 0 Å². The Hall–Kier alpha value is -1.15. The molecular formula is C5H4BF3N2O2. The second-order valence-electron chi connectivity index (χ2n) is 2.18. The predicted molar refractivity (Wildman–Crippen MR) is 36.9 cm³/mol. The Morgan fingerprint density at radius 1 is 1.31 bits per heavy atom. The van der Waals surface area contributed by atoms with Crippen molar-refractivity contribution in [1.82, 2.24) is 9.97 Å². The van der Waals surface area contributed by atoms with E-state index in [0.29, 0.717) is 0 Å². The summed E-state index contributed by atoms with van der Waals surface area (Å²) in [7, 11) is -2.02. The summed E-state index contributed by atoms with van der Waals surface area (Å²) in [6, 6.07) is 0.986. The summed E-state index contributed by atoms with van der Waals surface area (Å²) in [4.78, 5) is 5.84. The second kappa shape index (κ2) is 3.31. The van der Waals surface area contributed by atoms with Crippen LogP contribution in [0.15, 0.2) is 12.3 Å². The lowest BCUT2D eigenvalue weighted by atomic mass is 9.86. The largest absolute Gasteiger partial charge is 0.508 e. The van der Waals surface area contributed by atoms with Crippen LogP contribution in [0.1, 0.15) is 5.82 Å². The molecule has 70 valence electrons. The van der Waals surface area contributed by atoms with E-state index < -0.39 is 24.7 Å². The van der Waals surface area contributed by atoms with Crippen LogP contribution in [-0.2, 0) is 6.18 Å². The molecule has 1 rings (SSSR count). The molecule has 0 aliphatic heterocycles. The van der Waals surface area contributed by atoms with Gasteiger partial charge in [-0.25, -0.2) is 9.97 Å². The summed E-state index contributed by atoms with van der Waals surface area (Å²) in [6.07, 6.45) is -3.87. The van der Waals surface area contributed by atoms with Gasteiger partial charge in [0, 0.05) is 6.20 Å². The lowest BCUT2D eigenvalue weighted by Crippen LogP contribution is -2.34. The molecular weight excluding hydrogens is 188 g/mol. The quantitative estimate of drug-likeness (QED) is 0.570. The van der Waals surface area contributed by atoms with E-state index in [0.717, 1.165) is 12.3 Å². The third-order valence-electron chi connectivity index (χ3n) is 1.20. The molecule has 0 fully saturated rings. The van der Waals surface area contributed by atoms with Gasteiger partial charge in [-0.1, -0.05) is 0 Å². The smallest absolute Gasteiger partial charge is 0.422 e. The van der Waals surface area contributed by atoms with Crippen LogP contribution >= 0.6 is 0 Å². The van der Waals surface area contributed by atoms with Crippen molar-refractivity contribution in [3.8, 4) is 0 Å². The third-order valence-corrected chi connectivity index (χ3v) is 1.20. The van der Waals surface area contributed by atoms with Crippen LogP contribution in [0.2, 0.25) is 0 Å². The fourth-order valence-electron chi connectivity index (χ4n) is 0.653. The molecule has 0 saturated carbocycles. The highest BCUT2D eigenvalue weighted by Crippen LogP contribution is 2.24. The van der Waals surface area contributed by atoms with E-state index in [1.54, 1.807) is 0 Å². The summed E-state index contributed by atoms with van der Waals surface area (Å²) in [5.41, 5.74) is -0.484. The fraction of sp³-hybridized carbons (Fsp3) is 0.200. The Bertz CT molecular complexity index is 304. The molecule has 1 aromatic heterocycles. The second-order valence-corrected chi connectivity index (χ2v) is 2.18. The molecule has 0 radical (unpaired) electrons. The van der Waals surface area contributed by atoms with Crippen molar-refractivity contribution in [2.45, 2.75) is 6.18 Å². The van der Waals surface area contributed by atoms with Crippen molar-refractivity contribution in [2.75, 3.05) is 0 Å². The Morgan fingerprint density at radius 2 is 1.92 bits per heavy atom. The van der Waals surface area contributed by atoms with Gasteiger partial charge < -0.3 is 10.0 Å². The number of nitrogens with zero attached hydrogens (tertiary/aromatic N) is 2. The topological polar surface area (TPSA) is 66.2 Å². The molecule has 13 heavy (non-hydrogen) atoms. The van der Waals surface area contributed by atoms with Crippen molar-refractivity contribution in [3.63, 3.8) is 0 Å². The Balaban J connectivity index is 3.06. The minimum Gasteiger partial charge on any atom is -0.422 e. The minimum atomic E-state index is -4.68. The van der Waals surface area contributed by atoms with Crippen LogP contribution in [0.4, 0.5) is 13.2 Å². The first-order chi connectivity index (χ1) is 5.91. The highest BCUT2D eigenvalue weighted by Gasteiger charge is 2.35. The van der Waals surface area contributed by atoms with E-state index in [1.807, 2.05) is 0 Å². The molecule has 1 heterocycles. The van der Waals surface area contributed by atoms with Crippen molar-refractivity contribution >= 4 is 12.7 Å². The Morgan fingerprint density at radius 3 is 2.38 bits per heavy atom. The highest BCUT2D eigenvalue weighted by molar-refractivity contribution is 6.57. The molecule has 4 nitrogen and oxygen atoms in total. The van der Waals surface area contributed by atoms with Gasteiger partial charge in [0.25, 0.3) is 0 Å². The fourth-order valence-corrected chi connectivity index (χ4v) is 0.653. The van der Waals surface area contributed by atoms with Crippen LogP contribution in [0.5, 0.6) is 0 Å². The summed E-state index contributed by atoms with van der Waals surface area (Å²) in [6.45, 7) is 0. The molecule has 0 amide bonds. The van der Waals surface area contributed by atoms with Crippen LogP contribution in [0.3, 0.4) is 0 Å². The summed E-state index contributed by atoms with van der Waals surface area (Å²) in [5, 5.41) is 17.0. The van der Waals surface area contributed by atoms with Crippen molar-refractivity contribution in [1.29, 1.82) is 0 Å². The van der Waals surface area contributed by atoms with Gasteiger partial charge in [-0.3, -0.25) is 0 Å². The zero-order chi connectivity index (χ0) is 10.1. The number of hydrogen-bond donors (Lipinski definition) is 2. The van der Waals surface area contributed by atoms with Crippen molar-refractivity contribution in [3.05, 3.63) is 18.1 Å². The van der Waals surface area contributed by atoms with E-state index in [4.69, 9.17) is 10.0 Å². The molecule has 0 aliphatic carbocycles. The normalized spacial score (nSPS) is 11.5. The Kier molecular flexibility index (Phi) is 2.53. The van der Waals surface area contributed by atoms with Gasteiger partial charge in [-0.05, 0) is 6.07 Å². The standard InChI is InChI=1S/C5H4BF3N2O2/c7-5(8,9)4-10-2-1-3(11-4)6(12)13/h1-2,12-13H. The molecule has 1 aromatic rings. The lowest BCUT2D eigenvalue weighted by molar-refractivity contribution is -0.144. The average molecular weight is 192 g/mol. The van der Waals surface area contributed by atoms with Crippen LogP contribution < -0.4 is 5.59 Å². The van der Waals surface area contributed by atoms with Gasteiger partial charge in [0.2, 0.25) is 5.82 Å². The Labute approximate surface area is 71.2 Å². The first-order valence-electron chi connectivity index (χ1n) is 3.17. The molecule has 8 heteroatoms. The molecule has 0 bridgehead atoms. The van der Waals surface area contributed by atoms with E-state index in [1.165, 1.54) is 0 Å². The number of aromatic nitrogens is 2. The summed E-state index contributed by atoms with van der Waals surface area (Å²) >= 11 is 0. The minimum absolute atomic E-state index is 0.484. The van der Waals surface area contributed by atoms with E-state index in [9.17, 15) is 13.2 Å². The monoisotopic (exact) mass is 192 g/mol. The van der Waals surface area contributed by atoms with Gasteiger partial charge in [0.15, 0.2) is 0 Å². The number of alkyl halides is 3. The maximum atomic E-state index is 11.9. The number of hydrogen-bond acceptors (Lipinski definition) is 4. The lowest BCUT2D eigenvalue weighted by Gasteiger charge is -2.05. The van der Waals surface area contributed by atoms with Crippen molar-refractivity contribution in [2.24, 2.45) is 0 Å². The maximum Gasteiger partial charge on any atom is 0.508 e. The van der Waals surface area contributed by atoms with Crippen LogP contribution in [-0.4, -0.2) is 27.1 Å². The molecule has 0 spiro atoms. The zero-order valence-corrected chi connectivity index (χ0v) is 6.15. The molecule has 0 aromatic carbocycles.